The summed E-state index contributed by atoms with van der Waals surface area (Å²) in [6.07, 6.45) is 7.24. The second-order valence-electron chi connectivity index (χ2n) is 5.14. The van der Waals surface area contributed by atoms with Crippen molar-refractivity contribution in [3.63, 3.8) is 0 Å². The SMILES string of the molecule is CC(O)(Cc1ccc(Br)cn1)CC1CCC1. The minimum absolute atomic E-state index is 0.605. The number of nitrogens with zero attached hydrogens (tertiary/aromatic N) is 1. The zero-order valence-corrected chi connectivity index (χ0v) is 11.2. The van der Waals surface area contributed by atoms with E-state index in [9.17, 15) is 5.11 Å². The van der Waals surface area contributed by atoms with Gasteiger partial charge >= 0.3 is 0 Å². The number of hydrogen-bond acceptors (Lipinski definition) is 2. The highest BCUT2D eigenvalue weighted by Gasteiger charge is 2.29. The maximum Gasteiger partial charge on any atom is 0.0677 e. The van der Waals surface area contributed by atoms with Crippen LogP contribution in [0.15, 0.2) is 22.8 Å². The van der Waals surface area contributed by atoms with Crippen molar-refractivity contribution in [3.8, 4) is 0 Å². The molecule has 16 heavy (non-hydrogen) atoms. The van der Waals surface area contributed by atoms with Gasteiger partial charge in [0.15, 0.2) is 0 Å². The van der Waals surface area contributed by atoms with Gasteiger partial charge in [0.1, 0.15) is 0 Å². The lowest BCUT2D eigenvalue weighted by Crippen LogP contribution is -2.32. The topological polar surface area (TPSA) is 33.1 Å². The number of aromatic nitrogens is 1. The van der Waals surface area contributed by atoms with Crippen molar-refractivity contribution in [2.24, 2.45) is 5.92 Å². The van der Waals surface area contributed by atoms with Crippen LogP contribution in [0.2, 0.25) is 0 Å². The quantitative estimate of drug-likeness (QED) is 0.920. The highest BCUT2D eigenvalue weighted by molar-refractivity contribution is 9.10. The minimum atomic E-state index is -0.605. The summed E-state index contributed by atoms with van der Waals surface area (Å²) in [7, 11) is 0. The van der Waals surface area contributed by atoms with Crippen LogP contribution < -0.4 is 0 Å². The first-order valence-corrected chi connectivity index (χ1v) is 6.67. The molecule has 2 rings (SSSR count). The number of halogens is 1. The van der Waals surface area contributed by atoms with Gasteiger partial charge in [-0.1, -0.05) is 19.3 Å². The molecular formula is C13H18BrNO. The largest absolute Gasteiger partial charge is 0.390 e. The lowest BCUT2D eigenvalue weighted by Gasteiger charge is -2.33. The molecule has 1 saturated carbocycles. The van der Waals surface area contributed by atoms with Crippen LogP contribution in [0.25, 0.3) is 0 Å². The monoisotopic (exact) mass is 283 g/mol. The molecule has 1 unspecified atom stereocenters. The Morgan fingerprint density at radius 2 is 2.25 bits per heavy atom. The van der Waals surface area contributed by atoms with E-state index in [4.69, 9.17) is 0 Å². The molecule has 1 aromatic heterocycles. The van der Waals surface area contributed by atoms with E-state index in [1.54, 1.807) is 6.20 Å². The summed E-state index contributed by atoms with van der Waals surface area (Å²) in [5.41, 5.74) is 0.360. The van der Waals surface area contributed by atoms with E-state index in [-0.39, 0.29) is 0 Å². The van der Waals surface area contributed by atoms with Crippen molar-refractivity contribution in [2.45, 2.75) is 44.6 Å². The van der Waals surface area contributed by atoms with Gasteiger partial charge in [-0.05, 0) is 47.3 Å². The average Bonchev–Trinajstić information content (AvgIpc) is 2.16. The molecule has 0 radical (unpaired) electrons. The highest BCUT2D eigenvalue weighted by Crippen LogP contribution is 2.34. The smallest absolute Gasteiger partial charge is 0.0677 e. The minimum Gasteiger partial charge on any atom is -0.390 e. The first kappa shape index (κ1) is 12.1. The molecule has 1 N–H and O–H groups in total. The van der Waals surface area contributed by atoms with E-state index in [2.05, 4.69) is 20.9 Å². The van der Waals surface area contributed by atoms with Crippen LogP contribution in [0.4, 0.5) is 0 Å². The van der Waals surface area contributed by atoms with Crippen LogP contribution in [0, 0.1) is 5.92 Å². The van der Waals surface area contributed by atoms with E-state index in [1.165, 1.54) is 19.3 Å². The van der Waals surface area contributed by atoms with E-state index >= 15 is 0 Å². The second-order valence-corrected chi connectivity index (χ2v) is 6.06. The lowest BCUT2D eigenvalue weighted by molar-refractivity contribution is 0.0196. The van der Waals surface area contributed by atoms with Crippen molar-refractivity contribution < 1.29 is 5.11 Å². The molecule has 1 aliphatic carbocycles. The van der Waals surface area contributed by atoms with Crippen LogP contribution in [0.5, 0.6) is 0 Å². The summed E-state index contributed by atoms with van der Waals surface area (Å²) >= 11 is 3.36. The van der Waals surface area contributed by atoms with Crippen LogP contribution in [0.1, 0.15) is 38.3 Å². The Labute approximate surface area is 105 Å². The van der Waals surface area contributed by atoms with Crippen molar-refractivity contribution in [2.75, 3.05) is 0 Å². The number of aliphatic hydroxyl groups is 1. The van der Waals surface area contributed by atoms with Gasteiger partial charge in [-0.15, -0.1) is 0 Å². The molecule has 0 aliphatic heterocycles. The molecule has 1 aromatic rings. The zero-order chi connectivity index (χ0) is 11.6. The fourth-order valence-corrected chi connectivity index (χ4v) is 2.53. The van der Waals surface area contributed by atoms with Crippen molar-refractivity contribution >= 4 is 15.9 Å². The van der Waals surface area contributed by atoms with Gasteiger partial charge < -0.3 is 5.11 Å². The molecule has 1 atom stereocenters. The Kier molecular flexibility index (Phi) is 3.65. The molecule has 1 heterocycles. The van der Waals surface area contributed by atoms with Crippen molar-refractivity contribution in [3.05, 3.63) is 28.5 Å². The molecule has 0 aromatic carbocycles. The maximum absolute atomic E-state index is 10.3. The standard InChI is InChI=1S/C13H18BrNO/c1-13(16,7-10-3-2-4-10)8-12-6-5-11(14)9-15-12/h5-6,9-10,16H,2-4,7-8H2,1H3. The molecule has 0 bridgehead atoms. The Balaban J connectivity index is 1.93. The Morgan fingerprint density at radius 3 is 2.75 bits per heavy atom. The third-order valence-electron chi connectivity index (χ3n) is 3.30. The van der Waals surface area contributed by atoms with Gasteiger partial charge in [0.05, 0.1) is 5.60 Å². The fourth-order valence-electron chi connectivity index (χ4n) is 2.29. The van der Waals surface area contributed by atoms with Crippen LogP contribution in [0.3, 0.4) is 0 Å². The van der Waals surface area contributed by atoms with Crippen LogP contribution in [-0.2, 0) is 6.42 Å². The lowest BCUT2D eigenvalue weighted by atomic mass is 9.76. The maximum atomic E-state index is 10.3. The zero-order valence-electron chi connectivity index (χ0n) is 9.62. The van der Waals surface area contributed by atoms with Gasteiger partial charge in [0, 0.05) is 22.8 Å². The third-order valence-corrected chi connectivity index (χ3v) is 3.77. The predicted octanol–water partition coefficient (Wildman–Crippen LogP) is 3.33. The fraction of sp³-hybridized carbons (Fsp3) is 0.615. The molecule has 88 valence electrons. The molecule has 2 nitrogen and oxygen atoms in total. The van der Waals surface area contributed by atoms with E-state index < -0.39 is 5.60 Å². The van der Waals surface area contributed by atoms with Gasteiger partial charge in [0.25, 0.3) is 0 Å². The summed E-state index contributed by atoms with van der Waals surface area (Å²) in [4.78, 5) is 4.31. The van der Waals surface area contributed by atoms with Crippen molar-refractivity contribution in [1.29, 1.82) is 0 Å². The molecule has 0 amide bonds. The predicted molar refractivity (Wildman–Crippen MR) is 68.2 cm³/mol. The van der Waals surface area contributed by atoms with E-state index in [1.807, 2.05) is 19.1 Å². The van der Waals surface area contributed by atoms with Gasteiger partial charge in [-0.25, -0.2) is 0 Å². The number of pyridine rings is 1. The Bertz CT molecular complexity index is 343. The first-order chi connectivity index (χ1) is 7.55. The number of rotatable bonds is 4. The average molecular weight is 284 g/mol. The van der Waals surface area contributed by atoms with Gasteiger partial charge in [0.2, 0.25) is 0 Å². The van der Waals surface area contributed by atoms with E-state index in [0.717, 1.165) is 22.5 Å². The molecule has 0 saturated heterocycles. The summed E-state index contributed by atoms with van der Waals surface area (Å²) in [6.45, 7) is 1.93. The van der Waals surface area contributed by atoms with Crippen LogP contribution >= 0.6 is 15.9 Å². The summed E-state index contributed by atoms with van der Waals surface area (Å²) in [5, 5.41) is 10.3. The molecule has 0 spiro atoms. The first-order valence-electron chi connectivity index (χ1n) is 5.88. The van der Waals surface area contributed by atoms with Gasteiger partial charge in [-0.3, -0.25) is 4.98 Å². The summed E-state index contributed by atoms with van der Waals surface area (Å²) < 4.78 is 0.981. The Morgan fingerprint density at radius 1 is 1.50 bits per heavy atom. The normalized spacial score (nSPS) is 20.2. The third kappa shape index (κ3) is 3.29. The highest BCUT2D eigenvalue weighted by atomic mass is 79.9. The second kappa shape index (κ2) is 4.84. The van der Waals surface area contributed by atoms with Gasteiger partial charge in [-0.2, -0.15) is 0 Å². The summed E-state index contributed by atoms with van der Waals surface area (Å²) in [5.74, 6) is 0.727. The molecule has 3 heteroatoms. The molecular weight excluding hydrogens is 266 g/mol. The number of hydrogen-bond donors (Lipinski definition) is 1. The van der Waals surface area contributed by atoms with E-state index in [0.29, 0.717) is 6.42 Å². The summed E-state index contributed by atoms with van der Waals surface area (Å²) in [6, 6.07) is 3.95. The van der Waals surface area contributed by atoms with Crippen LogP contribution in [-0.4, -0.2) is 15.7 Å². The molecule has 1 fully saturated rings. The molecule has 1 aliphatic rings. The Hall–Kier alpha value is -0.410. The van der Waals surface area contributed by atoms with Crippen molar-refractivity contribution in [1.82, 2.24) is 4.98 Å².